The van der Waals surface area contributed by atoms with Crippen LogP contribution >= 0.6 is 12.9 Å². The molecule has 1 saturated carbocycles. The lowest BCUT2D eigenvalue weighted by Gasteiger charge is -2.59. The average molecular weight is 657 g/mol. The Hall–Kier alpha value is -4.89. The van der Waals surface area contributed by atoms with Crippen molar-refractivity contribution in [3.63, 3.8) is 0 Å². The van der Waals surface area contributed by atoms with E-state index in [2.05, 4.69) is 39.2 Å². The minimum atomic E-state index is -0.422. The zero-order valence-corrected chi connectivity index (χ0v) is 27.5. The first kappa shape index (κ1) is 33.5. The molecular formula is C35H37FN6O4S. The number of pyridine rings is 3. The van der Waals surface area contributed by atoms with Crippen molar-refractivity contribution in [1.29, 1.82) is 5.26 Å². The molecule has 1 aliphatic heterocycles. The van der Waals surface area contributed by atoms with E-state index < -0.39 is 5.82 Å². The molecule has 6 rings (SSSR count). The molecule has 0 bridgehead atoms. The monoisotopic (exact) mass is 656 g/mol. The Labute approximate surface area is 279 Å². The summed E-state index contributed by atoms with van der Waals surface area (Å²) >= 11 is 3.82. The van der Waals surface area contributed by atoms with Crippen LogP contribution in [0.5, 0.6) is 17.4 Å². The van der Waals surface area contributed by atoms with Gasteiger partial charge in [0.25, 0.3) is 5.91 Å². The highest BCUT2D eigenvalue weighted by molar-refractivity contribution is 7.75. The van der Waals surface area contributed by atoms with Crippen molar-refractivity contribution >= 4 is 24.5 Å². The van der Waals surface area contributed by atoms with Crippen molar-refractivity contribution in [3.05, 3.63) is 89.8 Å². The first-order chi connectivity index (χ1) is 22.9. The Morgan fingerprint density at radius 3 is 2.72 bits per heavy atom. The first-order valence-corrected chi connectivity index (χ1v) is 16.0. The van der Waals surface area contributed by atoms with E-state index in [0.29, 0.717) is 53.8 Å². The Balaban J connectivity index is 0.00000213. The van der Waals surface area contributed by atoms with E-state index in [9.17, 15) is 14.4 Å². The Morgan fingerprint density at radius 2 is 1.98 bits per heavy atom. The maximum absolute atomic E-state index is 13.6. The summed E-state index contributed by atoms with van der Waals surface area (Å²) < 4.78 is 30.6. The quantitative estimate of drug-likeness (QED) is 0.143. The molecule has 47 heavy (non-hydrogen) atoms. The standard InChI is InChI=1S/C33H31FN6O4S.C2H6/c1-2-42-32-26(4-3-10-38-32)27-6-8-29(30(39-27)31(41)37-11-9-21-12-24(44-45)18-36-17-21)43-25-14-33(15-25)19-40(20-33)28-7-5-23(34)13-22(28)16-35;1-2/h3-8,10,12-13,17-18,25,45H,2,9,11,14-15,19-20H2,1H3,(H,37,41);1-2H3. The summed E-state index contributed by atoms with van der Waals surface area (Å²) in [7, 11) is 0. The number of carbonyl (C=O) groups excluding carboxylic acids is 1. The molecule has 244 valence electrons. The molecule has 1 saturated heterocycles. The van der Waals surface area contributed by atoms with E-state index in [0.717, 1.165) is 37.2 Å². The lowest BCUT2D eigenvalue weighted by molar-refractivity contribution is -0.0344. The van der Waals surface area contributed by atoms with Crippen LogP contribution in [-0.2, 0) is 6.42 Å². The lowest BCUT2D eigenvalue weighted by atomic mass is 9.61. The molecule has 2 aliphatic rings. The fourth-order valence-corrected chi connectivity index (χ4v) is 6.08. The molecule has 4 heterocycles. The predicted octanol–water partition coefficient (Wildman–Crippen LogP) is 6.22. The molecule has 1 aliphatic carbocycles. The Morgan fingerprint density at radius 1 is 1.17 bits per heavy atom. The van der Waals surface area contributed by atoms with Crippen LogP contribution in [0.2, 0.25) is 0 Å². The van der Waals surface area contributed by atoms with E-state index >= 15 is 0 Å². The van der Waals surface area contributed by atoms with Gasteiger partial charge >= 0.3 is 0 Å². The summed E-state index contributed by atoms with van der Waals surface area (Å²) in [5.74, 6) is 0.556. The number of ether oxygens (including phenoxy) is 2. The van der Waals surface area contributed by atoms with Crippen LogP contribution in [0.25, 0.3) is 11.3 Å². The lowest BCUT2D eigenvalue weighted by Crippen LogP contribution is -2.65. The minimum absolute atomic E-state index is 0.0585. The van der Waals surface area contributed by atoms with Crippen LogP contribution < -0.4 is 23.9 Å². The third-order valence-electron chi connectivity index (χ3n) is 8.06. The fraction of sp³-hybridized carbons (Fsp3) is 0.343. The van der Waals surface area contributed by atoms with E-state index in [4.69, 9.17) is 18.6 Å². The number of benzene rings is 1. The number of amides is 1. The zero-order chi connectivity index (χ0) is 33.4. The van der Waals surface area contributed by atoms with Gasteiger partial charge in [-0.05, 0) is 80.3 Å². The van der Waals surface area contributed by atoms with E-state index in [1.165, 1.54) is 12.1 Å². The van der Waals surface area contributed by atoms with Gasteiger partial charge in [0, 0.05) is 50.4 Å². The predicted molar refractivity (Wildman–Crippen MR) is 179 cm³/mol. The number of nitrogens with zero attached hydrogens (tertiary/aromatic N) is 5. The largest absolute Gasteiger partial charge is 0.488 e. The topological polar surface area (TPSA) is 122 Å². The van der Waals surface area contributed by atoms with Gasteiger partial charge < -0.3 is 23.9 Å². The second-order valence-electron chi connectivity index (χ2n) is 11.2. The highest BCUT2D eigenvalue weighted by Crippen LogP contribution is 2.51. The van der Waals surface area contributed by atoms with Crippen LogP contribution in [0.1, 0.15) is 55.2 Å². The van der Waals surface area contributed by atoms with Crippen molar-refractivity contribution in [2.45, 2.75) is 46.1 Å². The number of hydrogen-bond donors (Lipinski definition) is 2. The molecule has 1 amide bonds. The van der Waals surface area contributed by atoms with Gasteiger partial charge in [0.05, 0.1) is 35.3 Å². The van der Waals surface area contributed by atoms with E-state index in [-0.39, 0.29) is 23.1 Å². The summed E-state index contributed by atoms with van der Waals surface area (Å²) in [6, 6.07) is 15.4. The summed E-state index contributed by atoms with van der Waals surface area (Å²) in [5, 5.41) is 12.4. The molecule has 10 nitrogen and oxygen atoms in total. The summed E-state index contributed by atoms with van der Waals surface area (Å²) in [5.41, 5.74) is 3.40. The highest BCUT2D eigenvalue weighted by atomic mass is 32.1. The summed E-state index contributed by atoms with van der Waals surface area (Å²) in [4.78, 5) is 28.8. The van der Waals surface area contributed by atoms with Crippen molar-refractivity contribution in [2.24, 2.45) is 5.41 Å². The zero-order valence-electron chi connectivity index (χ0n) is 26.6. The van der Waals surface area contributed by atoms with Crippen molar-refractivity contribution < 1.29 is 22.8 Å². The van der Waals surface area contributed by atoms with Crippen molar-refractivity contribution in [2.75, 3.05) is 31.1 Å². The van der Waals surface area contributed by atoms with Crippen LogP contribution in [0.4, 0.5) is 10.1 Å². The second kappa shape index (κ2) is 15.1. The van der Waals surface area contributed by atoms with Gasteiger partial charge in [0.2, 0.25) is 5.88 Å². The third-order valence-corrected chi connectivity index (χ3v) is 8.27. The molecule has 1 N–H and O–H groups in total. The first-order valence-electron chi connectivity index (χ1n) is 15.6. The van der Waals surface area contributed by atoms with Gasteiger partial charge in [-0.3, -0.25) is 9.78 Å². The Bertz CT molecular complexity index is 1750. The number of rotatable bonds is 11. The smallest absolute Gasteiger partial charge is 0.273 e. The van der Waals surface area contributed by atoms with Crippen LogP contribution in [-0.4, -0.2) is 53.2 Å². The van der Waals surface area contributed by atoms with E-state index in [1.807, 2.05) is 32.9 Å². The average Bonchev–Trinajstić information content (AvgIpc) is 3.07. The number of thiol groups is 1. The molecular weight excluding hydrogens is 619 g/mol. The van der Waals surface area contributed by atoms with Gasteiger partial charge in [0.1, 0.15) is 18.0 Å². The normalized spacial score (nSPS) is 14.5. The number of nitrogens with one attached hydrogen (secondary N) is 1. The number of hydrogen-bond acceptors (Lipinski definition) is 10. The number of aromatic nitrogens is 3. The summed E-state index contributed by atoms with van der Waals surface area (Å²) in [6.45, 7) is 8.17. The number of halogens is 1. The second-order valence-corrected chi connectivity index (χ2v) is 11.4. The van der Waals surface area contributed by atoms with Crippen molar-refractivity contribution in [1.82, 2.24) is 20.3 Å². The van der Waals surface area contributed by atoms with Gasteiger partial charge in [-0.15, -0.1) is 0 Å². The van der Waals surface area contributed by atoms with E-state index in [1.54, 1.807) is 42.9 Å². The summed E-state index contributed by atoms with van der Waals surface area (Å²) in [6.07, 6.45) is 6.93. The highest BCUT2D eigenvalue weighted by Gasteiger charge is 2.54. The molecule has 1 spiro atoms. The number of carbonyl (C=O) groups is 1. The third kappa shape index (κ3) is 7.58. The Kier molecular flexibility index (Phi) is 10.8. The molecule has 0 unspecified atom stereocenters. The molecule has 1 aromatic carbocycles. The number of anilines is 1. The van der Waals surface area contributed by atoms with Gasteiger partial charge in [-0.1, -0.05) is 13.8 Å². The maximum atomic E-state index is 13.6. The van der Waals surface area contributed by atoms with Gasteiger partial charge in [0.15, 0.2) is 17.2 Å². The van der Waals surface area contributed by atoms with Crippen LogP contribution in [0.3, 0.4) is 0 Å². The molecule has 0 radical (unpaired) electrons. The fourth-order valence-electron chi connectivity index (χ4n) is 5.98. The molecule has 4 aromatic rings. The van der Waals surface area contributed by atoms with Crippen molar-refractivity contribution in [3.8, 4) is 34.7 Å². The van der Waals surface area contributed by atoms with Gasteiger partial charge in [-0.2, -0.15) is 5.26 Å². The molecule has 0 atom stereocenters. The minimum Gasteiger partial charge on any atom is -0.488 e. The maximum Gasteiger partial charge on any atom is 0.273 e. The SMILES string of the molecule is CC.CCOc1ncccc1-c1ccc(OC2CC3(C2)CN(c2ccc(F)cc2C#N)C3)c(C(=O)NCCc2cncc(OS)c2)n1. The molecule has 3 aromatic heterocycles. The number of nitriles is 1. The van der Waals surface area contributed by atoms with Crippen LogP contribution in [0, 0.1) is 22.6 Å². The molecule has 12 heteroatoms. The molecule has 2 fully saturated rings. The van der Waals surface area contributed by atoms with Gasteiger partial charge in [-0.25, -0.2) is 14.4 Å². The van der Waals surface area contributed by atoms with Crippen LogP contribution in [0.15, 0.2) is 67.1 Å².